The zero-order chi connectivity index (χ0) is 14.5. The van der Waals surface area contributed by atoms with Gasteiger partial charge < -0.3 is 5.32 Å². The molecule has 19 heavy (non-hydrogen) atoms. The zero-order valence-electron chi connectivity index (χ0n) is 11.8. The van der Waals surface area contributed by atoms with E-state index in [2.05, 4.69) is 12.2 Å². The molecular weight excluding hydrogens is 251 g/mol. The molecule has 1 rings (SSSR count). The molecule has 1 N–H and O–H groups in total. The van der Waals surface area contributed by atoms with E-state index >= 15 is 0 Å². The minimum Gasteiger partial charge on any atom is -0.310 e. The van der Waals surface area contributed by atoms with E-state index in [1.54, 1.807) is 0 Å². The van der Waals surface area contributed by atoms with Crippen LogP contribution in [0, 0.1) is 0 Å². The molecule has 0 radical (unpaired) electrons. The Hall–Kier alpha value is -1.03. The Morgan fingerprint density at radius 3 is 2.16 bits per heavy atom. The predicted molar refractivity (Wildman–Crippen MR) is 72.3 cm³/mol. The molecule has 0 amide bonds. The molecule has 0 aliphatic rings. The van der Waals surface area contributed by atoms with Crippen molar-refractivity contribution in [3.8, 4) is 0 Å². The van der Waals surface area contributed by atoms with Crippen LogP contribution in [-0.4, -0.2) is 12.7 Å². The Kier molecular flexibility index (Phi) is 5.85. The Morgan fingerprint density at radius 2 is 1.68 bits per heavy atom. The van der Waals surface area contributed by atoms with Crippen molar-refractivity contribution in [1.29, 1.82) is 0 Å². The molecule has 1 atom stereocenters. The van der Waals surface area contributed by atoms with Crippen LogP contribution in [0.25, 0.3) is 0 Å². The van der Waals surface area contributed by atoms with Crippen molar-refractivity contribution in [2.75, 3.05) is 6.54 Å². The Bertz CT molecular complexity index is 399. The Balaban J connectivity index is 3.02. The second-order valence-corrected chi connectivity index (χ2v) is 4.66. The van der Waals surface area contributed by atoms with Crippen LogP contribution in [0.5, 0.6) is 0 Å². The zero-order valence-corrected chi connectivity index (χ0v) is 11.8. The summed E-state index contributed by atoms with van der Waals surface area (Å²) >= 11 is 0. The number of nitrogens with one attached hydrogen (secondary N) is 1. The molecule has 0 aliphatic carbocycles. The molecule has 0 saturated carbocycles. The van der Waals surface area contributed by atoms with Crippen LogP contribution in [0.2, 0.25) is 0 Å². The number of alkyl halides is 3. The quantitative estimate of drug-likeness (QED) is 0.809. The van der Waals surface area contributed by atoms with E-state index in [-0.39, 0.29) is 0 Å². The highest BCUT2D eigenvalue weighted by Crippen LogP contribution is 2.30. The fourth-order valence-electron chi connectivity index (χ4n) is 2.32. The van der Waals surface area contributed by atoms with E-state index in [1.165, 1.54) is 5.56 Å². The van der Waals surface area contributed by atoms with Gasteiger partial charge in [0.05, 0.1) is 6.42 Å². The second kappa shape index (κ2) is 6.94. The fraction of sp³-hybridized carbons (Fsp3) is 0.600. The summed E-state index contributed by atoms with van der Waals surface area (Å²) in [6.45, 7) is 6.44. The molecule has 0 aliphatic heterocycles. The average molecular weight is 273 g/mol. The number of hydrogen-bond acceptors (Lipinski definition) is 1. The molecule has 0 fully saturated rings. The summed E-state index contributed by atoms with van der Waals surface area (Å²) in [5.41, 5.74) is 3.09. The molecule has 1 aromatic rings. The molecule has 108 valence electrons. The van der Waals surface area contributed by atoms with Gasteiger partial charge in [-0.3, -0.25) is 0 Å². The molecule has 0 heterocycles. The van der Waals surface area contributed by atoms with Crippen molar-refractivity contribution >= 4 is 0 Å². The highest BCUT2D eigenvalue weighted by Gasteiger charge is 2.32. The minimum absolute atomic E-state index is 0.526. The standard InChI is InChI=1S/C15H22F3N/c1-4-11-7-8-13(9-12(11)5-2)14(19-6-3)10-15(16,17)18/h7-9,14,19H,4-6,10H2,1-3H3. The third-order valence-electron chi connectivity index (χ3n) is 3.28. The van der Waals surface area contributed by atoms with Crippen LogP contribution in [0.3, 0.4) is 0 Å². The lowest BCUT2D eigenvalue weighted by molar-refractivity contribution is -0.140. The maximum atomic E-state index is 12.6. The van der Waals surface area contributed by atoms with E-state index in [9.17, 15) is 13.2 Å². The van der Waals surface area contributed by atoms with Crippen molar-refractivity contribution in [3.63, 3.8) is 0 Å². The third-order valence-corrected chi connectivity index (χ3v) is 3.28. The monoisotopic (exact) mass is 273 g/mol. The molecule has 0 aromatic heterocycles. The summed E-state index contributed by atoms with van der Waals surface area (Å²) in [6, 6.07) is 5.03. The largest absolute Gasteiger partial charge is 0.390 e. The maximum Gasteiger partial charge on any atom is 0.390 e. The number of benzene rings is 1. The fourth-order valence-corrected chi connectivity index (χ4v) is 2.32. The van der Waals surface area contributed by atoms with Gasteiger partial charge in [-0.2, -0.15) is 13.2 Å². The van der Waals surface area contributed by atoms with Gasteiger partial charge in [-0.1, -0.05) is 39.0 Å². The lowest BCUT2D eigenvalue weighted by atomic mass is 9.95. The van der Waals surface area contributed by atoms with Gasteiger partial charge in [0.1, 0.15) is 0 Å². The summed E-state index contributed by atoms with van der Waals surface area (Å²) < 4.78 is 37.8. The normalized spacial score (nSPS) is 13.6. The number of hydrogen-bond donors (Lipinski definition) is 1. The summed E-state index contributed by atoms with van der Waals surface area (Å²) in [6.07, 6.45) is -3.21. The van der Waals surface area contributed by atoms with Gasteiger partial charge in [0, 0.05) is 6.04 Å². The third kappa shape index (κ3) is 4.86. The van der Waals surface area contributed by atoms with Crippen molar-refractivity contribution in [2.45, 2.75) is 52.3 Å². The van der Waals surface area contributed by atoms with Gasteiger partial charge in [-0.15, -0.1) is 0 Å². The van der Waals surface area contributed by atoms with Crippen LogP contribution in [0.15, 0.2) is 18.2 Å². The first-order chi connectivity index (χ1) is 8.91. The molecule has 1 nitrogen and oxygen atoms in total. The average Bonchev–Trinajstić information content (AvgIpc) is 2.36. The van der Waals surface area contributed by atoms with Gasteiger partial charge in [-0.05, 0) is 36.1 Å². The second-order valence-electron chi connectivity index (χ2n) is 4.66. The van der Waals surface area contributed by atoms with Crippen LogP contribution < -0.4 is 5.32 Å². The highest BCUT2D eigenvalue weighted by molar-refractivity contribution is 5.34. The van der Waals surface area contributed by atoms with Crippen LogP contribution in [-0.2, 0) is 12.8 Å². The molecule has 1 unspecified atom stereocenters. The van der Waals surface area contributed by atoms with Gasteiger partial charge in [0.15, 0.2) is 0 Å². The van der Waals surface area contributed by atoms with Gasteiger partial charge in [-0.25, -0.2) is 0 Å². The van der Waals surface area contributed by atoms with Gasteiger partial charge >= 0.3 is 6.18 Å². The number of rotatable bonds is 6. The lowest BCUT2D eigenvalue weighted by Gasteiger charge is -2.21. The minimum atomic E-state index is -4.15. The first kappa shape index (κ1) is 16.0. The van der Waals surface area contributed by atoms with E-state index < -0.39 is 18.6 Å². The van der Waals surface area contributed by atoms with Crippen molar-refractivity contribution in [3.05, 3.63) is 34.9 Å². The Labute approximate surface area is 113 Å². The van der Waals surface area contributed by atoms with E-state index in [0.717, 1.165) is 24.0 Å². The Morgan fingerprint density at radius 1 is 1.05 bits per heavy atom. The van der Waals surface area contributed by atoms with Crippen molar-refractivity contribution in [1.82, 2.24) is 5.32 Å². The number of halogens is 3. The lowest BCUT2D eigenvalue weighted by Crippen LogP contribution is -2.26. The predicted octanol–water partition coefficient (Wildman–Crippen LogP) is 4.41. The number of aryl methyl sites for hydroxylation is 2. The molecule has 0 spiro atoms. The summed E-state index contributed by atoms with van der Waals surface area (Å²) in [7, 11) is 0. The SMILES string of the molecule is CCNC(CC(F)(F)F)c1ccc(CC)c(CC)c1. The molecule has 1 aromatic carbocycles. The topological polar surface area (TPSA) is 12.0 Å². The van der Waals surface area contributed by atoms with E-state index in [4.69, 9.17) is 0 Å². The summed E-state index contributed by atoms with van der Waals surface area (Å²) in [5, 5.41) is 2.92. The van der Waals surface area contributed by atoms with Crippen molar-refractivity contribution < 1.29 is 13.2 Å². The van der Waals surface area contributed by atoms with Crippen LogP contribution >= 0.6 is 0 Å². The van der Waals surface area contributed by atoms with Gasteiger partial charge in [0.25, 0.3) is 0 Å². The summed E-state index contributed by atoms with van der Waals surface area (Å²) in [5.74, 6) is 0. The van der Waals surface area contributed by atoms with E-state index in [0.29, 0.717) is 6.54 Å². The smallest absolute Gasteiger partial charge is 0.310 e. The highest BCUT2D eigenvalue weighted by atomic mass is 19.4. The molecule has 0 saturated heterocycles. The molecule has 0 bridgehead atoms. The van der Waals surface area contributed by atoms with E-state index in [1.807, 2.05) is 32.0 Å². The molecule has 4 heteroatoms. The van der Waals surface area contributed by atoms with Crippen LogP contribution in [0.4, 0.5) is 13.2 Å². The van der Waals surface area contributed by atoms with Gasteiger partial charge in [0.2, 0.25) is 0 Å². The first-order valence-corrected chi connectivity index (χ1v) is 6.83. The van der Waals surface area contributed by atoms with Crippen LogP contribution in [0.1, 0.15) is 49.9 Å². The molecular formula is C15H22F3N. The maximum absolute atomic E-state index is 12.6. The first-order valence-electron chi connectivity index (χ1n) is 6.83. The van der Waals surface area contributed by atoms with Crippen molar-refractivity contribution in [2.24, 2.45) is 0 Å². The summed E-state index contributed by atoms with van der Waals surface area (Å²) in [4.78, 5) is 0.